The number of carbonyl (C=O) groups is 1. The van der Waals surface area contributed by atoms with E-state index in [-0.39, 0.29) is 5.91 Å². The molecule has 0 saturated carbocycles. The van der Waals surface area contributed by atoms with Crippen LogP contribution in [0, 0.1) is 0 Å². The van der Waals surface area contributed by atoms with Crippen molar-refractivity contribution in [2.45, 2.75) is 32.6 Å². The molecule has 1 N–H and O–H groups in total. The van der Waals surface area contributed by atoms with Gasteiger partial charge in [0.25, 0.3) is 0 Å². The number of benzene rings is 1. The molecule has 0 saturated heterocycles. The lowest BCUT2D eigenvalue weighted by atomic mass is 10.0. The average Bonchev–Trinajstić information content (AvgIpc) is 2.73. The third-order valence-corrected chi connectivity index (χ3v) is 2.86. The maximum absolute atomic E-state index is 11.4. The number of fused-ring (bicyclic) bond motifs is 1. The van der Waals surface area contributed by atoms with Gasteiger partial charge in [0.05, 0.1) is 13.0 Å². The Kier molecular flexibility index (Phi) is 3.57. The first-order valence-corrected chi connectivity index (χ1v) is 5.81. The lowest BCUT2D eigenvalue weighted by Crippen LogP contribution is -2.25. The lowest BCUT2D eigenvalue weighted by molar-refractivity contribution is -0.132. The van der Waals surface area contributed by atoms with Crippen molar-refractivity contribution in [2.75, 3.05) is 6.61 Å². The Bertz CT molecular complexity index is 388. The van der Waals surface area contributed by atoms with Gasteiger partial charge in [-0.2, -0.15) is 0 Å². The summed E-state index contributed by atoms with van der Waals surface area (Å²) in [5.74, 6) is -0.0835. The molecule has 0 spiro atoms. The first kappa shape index (κ1) is 11.1. The van der Waals surface area contributed by atoms with E-state index in [0.29, 0.717) is 13.0 Å². The predicted octanol–water partition coefficient (Wildman–Crippen LogP) is 1.79. The molecular formula is C13H17NO2. The Hall–Kier alpha value is -1.35. The monoisotopic (exact) mass is 219 g/mol. The summed E-state index contributed by atoms with van der Waals surface area (Å²) in [6.07, 6.45) is 3.97. The van der Waals surface area contributed by atoms with E-state index in [2.05, 4.69) is 17.6 Å². The van der Waals surface area contributed by atoms with Crippen LogP contribution in [0.3, 0.4) is 0 Å². The van der Waals surface area contributed by atoms with Gasteiger partial charge in [0.15, 0.2) is 0 Å². The maximum Gasteiger partial charge on any atom is 0.247 e. The average molecular weight is 219 g/mol. The molecule has 3 nitrogen and oxygen atoms in total. The minimum absolute atomic E-state index is 0.0835. The SMILES string of the molecule is CCONC(=O)Cc1ccc2c(c1)CCC2. The molecule has 0 unspecified atom stereocenters. The van der Waals surface area contributed by atoms with E-state index in [4.69, 9.17) is 4.84 Å². The van der Waals surface area contributed by atoms with E-state index in [0.717, 1.165) is 12.0 Å². The molecule has 16 heavy (non-hydrogen) atoms. The number of rotatable bonds is 4. The summed E-state index contributed by atoms with van der Waals surface area (Å²) in [6, 6.07) is 6.33. The number of hydrogen-bond acceptors (Lipinski definition) is 2. The number of aryl methyl sites for hydroxylation is 2. The van der Waals surface area contributed by atoms with Gasteiger partial charge in [-0.3, -0.25) is 9.63 Å². The van der Waals surface area contributed by atoms with Crippen LogP contribution in [0.15, 0.2) is 18.2 Å². The van der Waals surface area contributed by atoms with Crippen molar-refractivity contribution in [1.29, 1.82) is 0 Å². The van der Waals surface area contributed by atoms with Crippen molar-refractivity contribution < 1.29 is 9.63 Å². The van der Waals surface area contributed by atoms with Gasteiger partial charge in [-0.25, -0.2) is 5.48 Å². The number of nitrogens with one attached hydrogen (secondary N) is 1. The zero-order chi connectivity index (χ0) is 11.4. The van der Waals surface area contributed by atoms with Gasteiger partial charge in [-0.1, -0.05) is 18.2 Å². The summed E-state index contributed by atoms with van der Waals surface area (Å²) >= 11 is 0. The van der Waals surface area contributed by atoms with Crippen molar-refractivity contribution in [3.8, 4) is 0 Å². The van der Waals surface area contributed by atoms with Crippen molar-refractivity contribution in [3.63, 3.8) is 0 Å². The predicted molar refractivity (Wildman–Crippen MR) is 61.9 cm³/mol. The van der Waals surface area contributed by atoms with Gasteiger partial charge in [-0.15, -0.1) is 0 Å². The highest BCUT2D eigenvalue weighted by molar-refractivity contribution is 5.77. The zero-order valence-corrected chi connectivity index (χ0v) is 9.58. The van der Waals surface area contributed by atoms with Gasteiger partial charge in [0.2, 0.25) is 5.91 Å². The van der Waals surface area contributed by atoms with Gasteiger partial charge >= 0.3 is 0 Å². The number of carbonyl (C=O) groups excluding carboxylic acids is 1. The highest BCUT2D eigenvalue weighted by Crippen LogP contribution is 2.22. The third kappa shape index (κ3) is 2.61. The highest BCUT2D eigenvalue weighted by atomic mass is 16.6. The van der Waals surface area contributed by atoms with Gasteiger partial charge in [0, 0.05) is 0 Å². The van der Waals surface area contributed by atoms with Crippen LogP contribution < -0.4 is 5.48 Å². The van der Waals surface area contributed by atoms with Crippen LogP contribution in [-0.4, -0.2) is 12.5 Å². The normalized spacial score (nSPS) is 13.6. The molecule has 0 atom stereocenters. The van der Waals surface area contributed by atoms with Crippen LogP contribution in [0.4, 0.5) is 0 Å². The van der Waals surface area contributed by atoms with E-state index in [1.54, 1.807) is 0 Å². The molecule has 3 heteroatoms. The van der Waals surface area contributed by atoms with E-state index >= 15 is 0 Å². The van der Waals surface area contributed by atoms with Crippen LogP contribution in [-0.2, 0) is 28.9 Å². The second kappa shape index (κ2) is 5.12. The fourth-order valence-corrected chi connectivity index (χ4v) is 2.11. The number of hydroxylamine groups is 1. The van der Waals surface area contributed by atoms with E-state index in [1.807, 2.05) is 13.0 Å². The minimum atomic E-state index is -0.0835. The van der Waals surface area contributed by atoms with Gasteiger partial charge in [0.1, 0.15) is 0 Å². The summed E-state index contributed by atoms with van der Waals surface area (Å²) in [4.78, 5) is 16.3. The Labute approximate surface area is 95.8 Å². The van der Waals surface area contributed by atoms with E-state index in [9.17, 15) is 4.79 Å². The molecule has 0 aliphatic heterocycles. The zero-order valence-electron chi connectivity index (χ0n) is 9.58. The molecule has 2 rings (SSSR count). The molecule has 0 fully saturated rings. The largest absolute Gasteiger partial charge is 0.274 e. The summed E-state index contributed by atoms with van der Waals surface area (Å²) in [5, 5.41) is 0. The molecule has 1 aliphatic carbocycles. The van der Waals surface area contributed by atoms with Crippen molar-refractivity contribution >= 4 is 5.91 Å². The molecule has 0 bridgehead atoms. The molecule has 0 radical (unpaired) electrons. The molecule has 86 valence electrons. The van der Waals surface area contributed by atoms with E-state index in [1.165, 1.54) is 24.0 Å². The molecule has 1 amide bonds. The van der Waals surface area contributed by atoms with Crippen molar-refractivity contribution in [2.24, 2.45) is 0 Å². The van der Waals surface area contributed by atoms with Crippen molar-refractivity contribution in [1.82, 2.24) is 5.48 Å². The van der Waals surface area contributed by atoms with Crippen LogP contribution in [0.5, 0.6) is 0 Å². The molecule has 1 aromatic carbocycles. The quantitative estimate of drug-likeness (QED) is 0.784. The fourth-order valence-electron chi connectivity index (χ4n) is 2.11. The van der Waals surface area contributed by atoms with Crippen LogP contribution in [0.1, 0.15) is 30.0 Å². The second-order valence-electron chi connectivity index (χ2n) is 4.09. The number of amides is 1. The summed E-state index contributed by atoms with van der Waals surface area (Å²) in [7, 11) is 0. The van der Waals surface area contributed by atoms with Crippen LogP contribution in [0.25, 0.3) is 0 Å². The fraction of sp³-hybridized carbons (Fsp3) is 0.462. The molecule has 1 aliphatic rings. The molecule has 0 aromatic heterocycles. The second-order valence-corrected chi connectivity index (χ2v) is 4.09. The Balaban J connectivity index is 1.97. The minimum Gasteiger partial charge on any atom is -0.274 e. The summed E-state index contributed by atoms with van der Waals surface area (Å²) < 4.78 is 0. The molecular weight excluding hydrogens is 202 g/mol. The highest BCUT2D eigenvalue weighted by Gasteiger charge is 2.11. The Morgan fingerprint density at radius 3 is 3.00 bits per heavy atom. The smallest absolute Gasteiger partial charge is 0.247 e. The topological polar surface area (TPSA) is 38.3 Å². The lowest BCUT2D eigenvalue weighted by Gasteiger charge is -2.05. The van der Waals surface area contributed by atoms with E-state index < -0.39 is 0 Å². The summed E-state index contributed by atoms with van der Waals surface area (Å²) in [5.41, 5.74) is 6.32. The standard InChI is InChI=1S/C13H17NO2/c1-2-16-14-13(15)9-10-6-7-11-4-3-5-12(11)8-10/h6-8H,2-5,9H2,1H3,(H,14,15). The van der Waals surface area contributed by atoms with Crippen LogP contribution >= 0.6 is 0 Å². The van der Waals surface area contributed by atoms with Crippen LogP contribution in [0.2, 0.25) is 0 Å². The maximum atomic E-state index is 11.4. The molecule has 1 aromatic rings. The Morgan fingerprint density at radius 2 is 2.19 bits per heavy atom. The summed E-state index contributed by atoms with van der Waals surface area (Å²) in [6.45, 7) is 2.34. The van der Waals surface area contributed by atoms with Crippen molar-refractivity contribution in [3.05, 3.63) is 34.9 Å². The number of hydrogen-bond donors (Lipinski definition) is 1. The Morgan fingerprint density at radius 1 is 1.38 bits per heavy atom. The first-order chi connectivity index (χ1) is 7.79. The van der Waals surface area contributed by atoms with Gasteiger partial charge < -0.3 is 0 Å². The van der Waals surface area contributed by atoms with Gasteiger partial charge in [-0.05, 0) is 42.9 Å². The third-order valence-electron chi connectivity index (χ3n) is 2.86. The first-order valence-electron chi connectivity index (χ1n) is 5.81. The molecule has 0 heterocycles.